The Balaban J connectivity index is 0.00000729. The fourth-order valence-electron chi connectivity index (χ4n) is 3.16. The van der Waals surface area contributed by atoms with Crippen molar-refractivity contribution < 1.29 is 13.2 Å². The van der Waals surface area contributed by atoms with Gasteiger partial charge in [-0.05, 0) is 45.8 Å². The van der Waals surface area contributed by atoms with Crippen molar-refractivity contribution in [2.75, 3.05) is 44.7 Å². The Morgan fingerprint density at radius 3 is 2.50 bits per heavy atom. The maximum atomic E-state index is 12.0. The summed E-state index contributed by atoms with van der Waals surface area (Å²) in [5.74, 6) is 0.771. The summed E-state index contributed by atoms with van der Waals surface area (Å²) in [4.78, 5) is 18.6. The highest BCUT2D eigenvalue weighted by Crippen LogP contribution is 2.11. The molecule has 1 heterocycles. The van der Waals surface area contributed by atoms with Gasteiger partial charge < -0.3 is 20.9 Å². The second-order valence-corrected chi connectivity index (χ2v) is 9.36. The largest absolute Gasteiger partial charge is 0.356 e. The highest BCUT2D eigenvalue weighted by atomic mass is 127. The lowest BCUT2D eigenvalue weighted by Crippen LogP contribution is -2.44. The molecule has 1 aliphatic rings. The molecular formula is C18H38IN5O3S. The van der Waals surface area contributed by atoms with Crippen LogP contribution in [0.5, 0.6) is 0 Å². The monoisotopic (exact) mass is 531 g/mol. The van der Waals surface area contributed by atoms with Crippen LogP contribution in [0.1, 0.15) is 46.5 Å². The lowest BCUT2D eigenvalue weighted by molar-refractivity contribution is -0.121. The SMILES string of the molecule is CCN(CC)CCCC(C)NC(=NC)NCCC(=O)NC1CCS(=O)(=O)C1.I. The quantitative estimate of drug-likeness (QED) is 0.209. The third kappa shape index (κ3) is 11.4. The third-order valence-electron chi connectivity index (χ3n) is 4.85. The van der Waals surface area contributed by atoms with Crippen LogP contribution < -0.4 is 16.0 Å². The van der Waals surface area contributed by atoms with Crippen molar-refractivity contribution in [3.63, 3.8) is 0 Å². The first-order valence-electron chi connectivity index (χ1n) is 9.99. The molecule has 8 nitrogen and oxygen atoms in total. The van der Waals surface area contributed by atoms with Crippen molar-refractivity contribution in [3.8, 4) is 0 Å². The molecule has 10 heteroatoms. The minimum Gasteiger partial charge on any atom is -0.356 e. The number of guanidine groups is 1. The van der Waals surface area contributed by atoms with Crippen LogP contribution in [0.4, 0.5) is 0 Å². The number of carbonyl (C=O) groups is 1. The summed E-state index contributed by atoms with van der Waals surface area (Å²) in [6.07, 6.45) is 2.97. The first-order chi connectivity index (χ1) is 12.8. The summed E-state index contributed by atoms with van der Waals surface area (Å²) < 4.78 is 22.8. The van der Waals surface area contributed by atoms with Gasteiger partial charge >= 0.3 is 0 Å². The summed E-state index contributed by atoms with van der Waals surface area (Å²) >= 11 is 0. The molecule has 0 aromatic carbocycles. The number of hydrogen-bond acceptors (Lipinski definition) is 5. The number of carbonyl (C=O) groups excluding carboxylic acids is 1. The number of amides is 1. The van der Waals surface area contributed by atoms with Gasteiger partial charge in [0.05, 0.1) is 11.5 Å². The molecule has 0 spiro atoms. The molecule has 0 aliphatic carbocycles. The number of nitrogens with one attached hydrogen (secondary N) is 3. The second kappa shape index (κ2) is 14.4. The molecule has 0 bridgehead atoms. The first kappa shape index (κ1) is 27.4. The van der Waals surface area contributed by atoms with E-state index in [4.69, 9.17) is 0 Å². The zero-order valence-corrected chi connectivity index (χ0v) is 20.8. The molecule has 0 aromatic rings. The molecule has 1 amide bonds. The molecule has 1 aliphatic heterocycles. The third-order valence-corrected chi connectivity index (χ3v) is 6.62. The van der Waals surface area contributed by atoms with Crippen LogP contribution in [-0.2, 0) is 14.6 Å². The maximum Gasteiger partial charge on any atom is 0.222 e. The van der Waals surface area contributed by atoms with Crippen molar-refractivity contribution >= 4 is 45.7 Å². The van der Waals surface area contributed by atoms with Crippen LogP contribution in [0.3, 0.4) is 0 Å². The number of nitrogens with zero attached hydrogens (tertiary/aromatic N) is 2. The number of rotatable bonds is 11. The normalized spacial score (nSPS) is 19.8. The number of hydrogen-bond donors (Lipinski definition) is 3. The lowest BCUT2D eigenvalue weighted by atomic mass is 10.2. The van der Waals surface area contributed by atoms with Crippen LogP contribution in [0.2, 0.25) is 0 Å². The van der Waals surface area contributed by atoms with E-state index < -0.39 is 9.84 Å². The highest BCUT2D eigenvalue weighted by Gasteiger charge is 2.28. The van der Waals surface area contributed by atoms with E-state index in [0.29, 0.717) is 25.0 Å². The summed E-state index contributed by atoms with van der Waals surface area (Å²) in [5.41, 5.74) is 0. The molecule has 3 N–H and O–H groups in total. The van der Waals surface area contributed by atoms with Gasteiger partial charge in [0.2, 0.25) is 5.91 Å². The fourth-order valence-corrected chi connectivity index (χ4v) is 4.84. The van der Waals surface area contributed by atoms with E-state index in [0.717, 1.165) is 32.5 Å². The van der Waals surface area contributed by atoms with Gasteiger partial charge in [-0.25, -0.2) is 8.42 Å². The Kier molecular flexibility index (Phi) is 14.1. The Bertz CT molecular complexity index is 582. The van der Waals surface area contributed by atoms with Crippen LogP contribution in [0.25, 0.3) is 0 Å². The Hall–Kier alpha value is -0.620. The van der Waals surface area contributed by atoms with Crippen molar-refractivity contribution in [3.05, 3.63) is 0 Å². The van der Waals surface area contributed by atoms with E-state index >= 15 is 0 Å². The molecule has 2 unspecified atom stereocenters. The number of halogens is 1. The smallest absolute Gasteiger partial charge is 0.222 e. The Morgan fingerprint density at radius 2 is 1.96 bits per heavy atom. The molecule has 0 aromatic heterocycles. The van der Waals surface area contributed by atoms with Gasteiger partial charge in [0, 0.05) is 32.1 Å². The van der Waals surface area contributed by atoms with Gasteiger partial charge in [-0.2, -0.15) is 0 Å². The lowest BCUT2D eigenvalue weighted by Gasteiger charge is -2.21. The number of sulfone groups is 1. The van der Waals surface area contributed by atoms with Crippen LogP contribution in [0.15, 0.2) is 4.99 Å². The van der Waals surface area contributed by atoms with E-state index in [1.165, 1.54) is 0 Å². The topological polar surface area (TPSA) is 103 Å². The van der Waals surface area contributed by atoms with E-state index in [2.05, 4.69) is 46.6 Å². The molecule has 1 saturated heterocycles. The van der Waals surface area contributed by atoms with E-state index in [-0.39, 0.29) is 53.9 Å². The molecule has 1 fully saturated rings. The van der Waals surface area contributed by atoms with Crippen molar-refractivity contribution in [2.24, 2.45) is 4.99 Å². The Labute approximate surface area is 187 Å². The molecule has 2 atom stereocenters. The second-order valence-electron chi connectivity index (χ2n) is 7.13. The molecule has 0 radical (unpaired) electrons. The van der Waals surface area contributed by atoms with E-state index in [9.17, 15) is 13.2 Å². The van der Waals surface area contributed by atoms with Gasteiger partial charge in [-0.1, -0.05) is 13.8 Å². The standard InChI is InChI=1S/C18H37N5O3S.HI/c1-5-23(6-2)12-7-8-15(3)21-18(19-4)20-11-9-17(24)22-16-10-13-27(25,26)14-16;/h15-16H,5-14H2,1-4H3,(H,22,24)(H2,19,20,21);1H. The molecular weight excluding hydrogens is 493 g/mol. The number of aliphatic imine (C=N–C) groups is 1. The maximum absolute atomic E-state index is 12.0. The predicted molar refractivity (Wildman–Crippen MR) is 126 cm³/mol. The fraction of sp³-hybridized carbons (Fsp3) is 0.889. The average molecular weight is 532 g/mol. The summed E-state index contributed by atoms with van der Waals surface area (Å²) in [5, 5.41) is 9.28. The average Bonchev–Trinajstić information content (AvgIpc) is 2.96. The van der Waals surface area contributed by atoms with Gasteiger partial charge in [-0.3, -0.25) is 9.79 Å². The van der Waals surface area contributed by atoms with Crippen molar-refractivity contribution in [1.29, 1.82) is 0 Å². The summed E-state index contributed by atoms with van der Waals surface area (Å²) in [7, 11) is -1.26. The predicted octanol–water partition coefficient (Wildman–Crippen LogP) is 0.973. The van der Waals surface area contributed by atoms with Gasteiger partial charge in [0.25, 0.3) is 0 Å². The van der Waals surface area contributed by atoms with Crippen molar-refractivity contribution in [2.45, 2.75) is 58.5 Å². The Morgan fingerprint density at radius 1 is 1.29 bits per heavy atom. The highest BCUT2D eigenvalue weighted by molar-refractivity contribution is 14.0. The van der Waals surface area contributed by atoms with Crippen LogP contribution >= 0.6 is 24.0 Å². The van der Waals surface area contributed by atoms with E-state index in [1.807, 2.05) is 0 Å². The zero-order valence-electron chi connectivity index (χ0n) is 17.7. The zero-order chi connectivity index (χ0) is 20.3. The molecule has 28 heavy (non-hydrogen) atoms. The van der Waals surface area contributed by atoms with Crippen LogP contribution in [-0.4, -0.2) is 82.0 Å². The van der Waals surface area contributed by atoms with Crippen molar-refractivity contribution in [1.82, 2.24) is 20.9 Å². The van der Waals surface area contributed by atoms with Gasteiger partial charge in [0.15, 0.2) is 15.8 Å². The van der Waals surface area contributed by atoms with E-state index in [1.54, 1.807) is 7.05 Å². The molecule has 1 rings (SSSR count). The summed E-state index contributed by atoms with van der Waals surface area (Å²) in [6.45, 7) is 10.2. The minimum atomic E-state index is -2.97. The van der Waals surface area contributed by atoms with Crippen LogP contribution in [0, 0.1) is 0 Å². The molecule has 166 valence electrons. The first-order valence-corrected chi connectivity index (χ1v) is 11.8. The summed E-state index contributed by atoms with van der Waals surface area (Å²) in [6, 6.07) is 0.0510. The van der Waals surface area contributed by atoms with Gasteiger partial charge in [-0.15, -0.1) is 24.0 Å². The minimum absolute atomic E-state index is 0. The van der Waals surface area contributed by atoms with Gasteiger partial charge in [0.1, 0.15) is 0 Å². The molecule has 0 saturated carbocycles.